The predicted molar refractivity (Wildman–Crippen MR) is 115 cm³/mol. The fraction of sp³-hybridized carbons (Fsp3) is 0.400. The maximum Gasteiger partial charge on any atom is 0.259 e. The second-order valence-electron chi connectivity index (χ2n) is 7.31. The van der Waals surface area contributed by atoms with Crippen molar-refractivity contribution in [2.45, 2.75) is 47.0 Å². The van der Waals surface area contributed by atoms with E-state index in [1.165, 1.54) is 17.7 Å². The number of hydrogen-bond acceptors (Lipinski definition) is 7. The molecule has 0 bridgehead atoms. The van der Waals surface area contributed by atoms with Crippen LogP contribution >= 0.6 is 11.3 Å². The van der Waals surface area contributed by atoms with E-state index in [1.807, 2.05) is 27.7 Å². The van der Waals surface area contributed by atoms with Crippen molar-refractivity contribution in [2.75, 3.05) is 6.54 Å². The van der Waals surface area contributed by atoms with Gasteiger partial charge in [0.05, 0.1) is 5.39 Å². The Morgan fingerprint density at radius 3 is 2.80 bits per heavy atom. The molecule has 1 amide bonds. The van der Waals surface area contributed by atoms with Gasteiger partial charge in [0.2, 0.25) is 5.91 Å². The van der Waals surface area contributed by atoms with Crippen LogP contribution in [-0.4, -0.2) is 42.0 Å². The summed E-state index contributed by atoms with van der Waals surface area (Å²) in [5, 5.41) is 7.74. The molecule has 0 saturated heterocycles. The maximum absolute atomic E-state index is 12.3. The highest BCUT2D eigenvalue weighted by Crippen LogP contribution is 2.25. The van der Waals surface area contributed by atoms with Crippen LogP contribution in [0, 0.1) is 27.7 Å². The highest BCUT2D eigenvalue weighted by Gasteiger charge is 2.14. The number of aromatic nitrogens is 6. The SMILES string of the molecule is Cc1nc2ncnn2c(C)c1CCC(=O)NCCc1nc2sc(C)c(C)c2c(=O)[nH]1. The highest BCUT2D eigenvalue weighted by atomic mass is 32.1. The van der Waals surface area contributed by atoms with Crippen molar-refractivity contribution in [1.29, 1.82) is 0 Å². The number of nitrogens with zero attached hydrogens (tertiary/aromatic N) is 5. The molecule has 156 valence electrons. The van der Waals surface area contributed by atoms with Gasteiger partial charge in [0.1, 0.15) is 17.0 Å². The molecule has 4 aromatic rings. The highest BCUT2D eigenvalue weighted by molar-refractivity contribution is 7.18. The lowest BCUT2D eigenvalue weighted by atomic mass is 10.1. The summed E-state index contributed by atoms with van der Waals surface area (Å²) in [6, 6.07) is 0. The third-order valence-electron chi connectivity index (χ3n) is 5.36. The minimum atomic E-state index is -0.120. The molecule has 0 atom stereocenters. The van der Waals surface area contributed by atoms with E-state index in [2.05, 4.69) is 30.4 Å². The van der Waals surface area contributed by atoms with Crippen molar-refractivity contribution >= 4 is 33.2 Å². The monoisotopic (exact) mass is 425 g/mol. The number of H-pyrrole nitrogens is 1. The normalized spacial score (nSPS) is 11.5. The fourth-order valence-corrected chi connectivity index (χ4v) is 4.63. The van der Waals surface area contributed by atoms with Gasteiger partial charge in [-0.15, -0.1) is 11.3 Å². The van der Waals surface area contributed by atoms with Gasteiger partial charge in [-0.3, -0.25) is 9.59 Å². The molecule has 0 spiro atoms. The number of aryl methyl sites for hydroxylation is 4. The van der Waals surface area contributed by atoms with Gasteiger partial charge in [-0.25, -0.2) is 14.5 Å². The first-order valence-electron chi connectivity index (χ1n) is 9.76. The van der Waals surface area contributed by atoms with Crippen molar-refractivity contribution < 1.29 is 4.79 Å². The first kappa shape index (κ1) is 20.1. The zero-order chi connectivity index (χ0) is 21.4. The second kappa shape index (κ2) is 7.94. The number of thiophene rings is 1. The number of hydrogen-bond donors (Lipinski definition) is 2. The molecule has 0 aliphatic carbocycles. The zero-order valence-corrected chi connectivity index (χ0v) is 18.2. The smallest absolute Gasteiger partial charge is 0.259 e. The summed E-state index contributed by atoms with van der Waals surface area (Å²) < 4.78 is 1.69. The summed E-state index contributed by atoms with van der Waals surface area (Å²) in [7, 11) is 0. The molecule has 9 nitrogen and oxygen atoms in total. The van der Waals surface area contributed by atoms with Crippen LogP contribution in [0.1, 0.15) is 39.6 Å². The van der Waals surface area contributed by atoms with E-state index < -0.39 is 0 Å². The first-order valence-corrected chi connectivity index (χ1v) is 10.6. The Hall–Kier alpha value is -3.14. The summed E-state index contributed by atoms with van der Waals surface area (Å²) in [6.07, 6.45) is 2.86. The lowest BCUT2D eigenvalue weighted by Gasteiger charge is -2.10. The molecule has 0 fully saturated rings. The Morgan fingerprint density at radius 1 is 1.20 bits per heavy atom. The van der Waals surface area contributed by atoms with E-state index in [4.69, 9.17) is 0 Å². The molecule has 0 aliphatic rings. The molecule has 10 heteroatoms. The van der Waals surface area contributed by atoms with Crippen molar-refractivity contribution in [3.63, 3.8) is 0 Å². The molecule has 30 heavy (non-hydrogen) atoms. The van der Waals surface area contributed by atoms with E-state index in [1.54, 1.807) is 4.52 Å². The minimum absolute atomic E-state index is 0.0567. The molecule has 4 rings (SSSR count). The fourth-order valence-electron chi connectivity index (χ4n) is 3.58. The average Bonchev–Trinajstić information content (AvgIpc) is 3.26. The molecular weight excluding hydrogens is 402 g/mol. The molecule has 0 radical (unpaired) electrons. The quantitative estimate of drug-likeness (QED) is 0.487. The molecule has 0 unspecified atom stereocenters. The van der Waals surface area contributed by atoms with Crippen LogP contribution in [0.25, 0.3) is 16.0 Å². The first-order chi connectivity index (χ1) is 14.3. The second-order valence-corrected chi connectivity index (χ2v) is 8.51. The van der Waals surface area contributed by atoms with Crippen molar-refractivity contribution in [1.82, 2.24) is 34.9 Å². The summed E-state index contributed by atoms with van der Waals surface area (Å²) in [5.74, 6) is 1.09. The predicted octanol–water partition coefficient (Wildman–Crippen LogP) is 1.95. The van der Waals surface area contributed by atoms with Gasteiger partial charge in [-0.05, 0) is 45.2 Å². The number of nitrogens with one attached hydrogen (secondary N) is 2. The summed E-state index contributed by atoms with van der Waals surface area (Å²) in [6.45, 7) is 8.21. The molecule has 4 aromatic heterocycles. The van der Waals surface area contributed by atoms with Crippen LogP contribution in [-0.2, 0) is 17.6 Å². The van der Waals surface area contributed by atoms with Crippen molar-refractivity contribution in [2.24, 2.45) is 0 Å². The number of amides is 1. The Kier molecular flexibility index (Phi) is 5.33. The lowest BCUT2D eigenvalue weighted by molar-refractivity contribution is -0.121. The van der Waals surface area contributed by atoms with Gasteiger partial charge in [0.25, 0.3) is 11.3 Å². The largest absolute Gasteiger partial charge is 0.356 e. The van der Waals surface area contributed by atoms with Crippen LogP contribution < -0.4 is 10.9 Å². The number of rotatable bonds is 6. The van der Waals surface area contributed by atoms with Crippen LogP contribution in [0.15, 0.2) is 11.1 Å². The third-order valence-corrected chi connectivity index (χ3v) is 6.46. The molecule has 0 saturated carbocycles. The average molecular weight is 426 g/mol. The number of carbonyl (C=O) groups excluding carboxylic acids is 1. The zero-order valence-electron chi connectivity index (χ0n) is 17.4. The van der Waals surface area contributed by atoms with Crippen LogP contribution in [0.2, 0.25) is 0 Å². The van der Waals surface area contributed by atoms with E-state index >= 15 is 0 Å². The molecule has 0 aromatic carbocycles. The Bertz CT molecular complexity index is 1320. The molecule has 4 heterocycles. The Balaban J connectivity index is 1.36. The van der Waals surface area contributed by atoms with Gasteiger partial charge in [0.15, 0.2) is 0 Å². The topological polar surface area (TPSA) is 118 Å². The molecular formula is C20H23N7O2S. The van der Waals surface area contributed by atoms with Crippen molar-refractivity contribution in [3.05, 3.63) is 49.9 Å². The number of fused-ring (bicyclic) bond motifs is 2. The molecule has 0 aliphatic heterocycles. The molecule has 2 N–H and O–H groups in total. The standard InChI is InChI=1S/C20H23N7O2S/c1-10-13(4)30-19-17(10)18(29)25-15(26-19)7-8-21-16(28)6-5-14-11(2)24-20-22-9-23-27(20)12(14)3/h9H,5-8H2,1-4H3,(H,21,28)(H,25,26,29). The van der Waals surface area contributed by atoms with E-state index in [-0.39, 0.29) is 11.5 Å². The Labute approximate surface area is 176 Å². The summed E-state index contributed by atoms with van der Waals surface area (Å²) >= 11 is 1.52. The van der Waals surface area contributed by atoms with E-state index in [0.29, 0.717) is 42.8 Å². The summed E-state index contributed by atoms with van der Waals surface area (Å²) in [4.78, 5) is 42.4. The third kappa shape index (κ3) is 3.70. The van der Waals surface area contributed by atoms with Gasteiger partial charge in [-0.1, -0.05) is 0 Å². The van der Waals surface area contributed by atoms with Crippen LogP contribution in [0.4, 0.5) is 0 Å². The minimum Gasteiger partial charge on any atom is -0.356 e. The van der Waals surface area contributed by atoms with Gasteiger partial charge in [-0.2, -0.15) is 10.1 Å². The summed E-state index contributed by atoms with van der Waals surface area (Å²) in [5.41, 5.74) is 3.66. The lowest BCUT2D eigenvalue weighted by Crippen LogP contribution is -2.27. The van der Waals surface area contributed by atoms with E-state index in [0.717, 1.165) is 32.2 Å². The van der Waals surface area contributed by atoms with Gasteiger partial charge < -0.3 is 10.3 Å². The van der Waals surface area contributed by atoms with Gasteiger partial charge >= 0.3 is 0 Å². The van der Waals surface area contributed by atoms with Gasteiger partial charge in [0, 0.05) is 35.7 Å². The number of aromatic amines is 1. The van der Waals surface area contributed by atoms with Crippen molar-refractivity contribution in [3.8, 4) is 0 Å². The van der Waals surface area contributed by atoms with Crippen LogP contribution in [0.3, 0.4) is 0 Å². The maximum atomic E-state index is 12.3. The van der Waals surface area contributed by atoms with Crippen LogP contribution in [0.5, 0.6) is 0 Å². The van der Waals surface area contributed by atoms with E-state index in [9.17, 15) is 9.59 Å². The Morgan fingerprint density at radius 2 is 2.00 bits per heavy atom. The number of carbonyl (C=O) groups is 1.